The first-order valence-electron chi connectivity index (χ1n) is 11.2. The molecule has 31 heavy (non-hydrogen) atoms. The second kappa shape index (κ2) is 9.66. The summed E-state index contributed by atoms with van der Waals surface area (Å²) in [5.41, 5.74) is 2.88. The summed E-state index contributed by atoms with van der Waals surface area (Å²) >= 11 is 8.25. The highest BCUT2D eigenvalue weighted by Crippen LogP contribution is 2.40. The van der Waals surface area contributed by atoms with Crippen LogP contribution in [0, 0.1) is 0 Å². The monoisotopic (exact) mass is 452 g/mol. The van der Waals surface area contributed by atoms with Gasteiger partial charge in [0.15, 0.2) is 0 Å². The Bertz CT molecular complexity index is 1020. The number of hydrogen-bond acceptors (Lipinski definition) is 2. The third-order valence-electron chi connectivity index (χ3n) is 6.52. The van der Waals surface area contributed by atoms with Gasteiger partial charge in [-0.15, -0.1) is 0 Å². The molecular formula is C26H29ClN2OS+2. The molecule has 2 aliphatic rings. The Morgan fingerprint density at radius 2 is 1.65 bits per heavy atom. The minimum Gasteiger partial charge on any atom is -0.488 e. The maximum Gasteiger partial charge on any atom is 0.137 e. The van der Waals surface area contributed by atoms with Crippen molar-refractivity contribution >= 4 is 23.4 Å². The van der Waals surface area contributed by atoms with Crippen LogP contribution in [0.5, 0.6) is 5.75 Å². The Labute approximate surface area is 194 Å². The number of quaternary nitrogens is 2. The van der Waals surface area contributed by atoms with Crippen LogP contribution in [0.25, 0.3) is 0 Å². The number of benzene rings is 3. The SMILES string of the molecule is Clc1ccc2c(c1)C[C@@H]([NH+]1CC[NH+](CCOc3ccccc3)CC1)c1ccccc1S2. The van der Waals surface area contributed by atoms with Gasteiger partial charge in [-0.3, -0.25) is 0 Å². The van der Waals surface area contributed by atoms with Gasteiger partial charge < -0.3 is 14.5 Å². The fourth-order valence-corrected chi connectivity index (χ4v) is 6.15. The highest BCUT2D eigenvalue weighted by molar-refractivity contribution is 7.99. The Balaban J connectivity index is 1.25. The molecule has 0 saturated carbocycles. The first-order valence-corrected chi connectivity index (χ1v) is 12.4. The van der Waals surface area contributed by atoms with Gasteiger partial charge >= 0.3 is 0 Å². The van der Waals surface area contributed by atoms with Crippen LogP contribution < -0.4 is 14.5 Å². The molecule has 1 atom stereocenters. The second-order valence-electron chi connectivity index (χ2n) is 8.47. The number of rotatable bonds is 5. The van der Waals surface area contributed by atoms with Crippen molar-refractivity contribution in [2.24, 2.45) is 0 Å². The summed E-state index contributed by atoms with van der Waals surface area (Å²) < 4.78 is 5.92. The van der Waals surface area contributed by atoms with E-state index in [4.69, 9.17) is 16.3 Å². The van der Waals surface area contributed by atoms with Crippen LogP contribution in [0.15, 0.2) is 82.6 Å². The molecule has 2 aliphatic heterocycles. The lowest BCUT2D eigenvalue weighted by atomic mass is 9.96. The van der Waals surface area contributed by atoms with Gasteiger partial charge in [0.1, 0.15) is 51.1 Å². The summed E-state index contributed by atoms with van der Waals surface area (Å²) in [7, 11) is 0. The van der Waals surface area contributed by atoms with E-state index in [0.29, 0.717) is 6.04 Å². The molecule has 0 amide bonds. The van der Waals surface area contributed by atoms with Crippen LogP contribution in [-0.2, 0) is 6.42 Å². The number of nitrogens with one attached hydrogen (secondary N) is 2. The number of piperazine rings is 1. The largest absolute Gasteiger partial charge is 0.488 e. The van der Waals surface area contributed by atoms with Gasteiger partial charge in [-0.1, -0.05) is 59.8 Å². The molecule has 1 fully saturated rings. The number of fused-ring (bicyclic) bond motifs is 2. The first kappa shape index (κ1) is 20.9. The molecule has 3 aromatic carbocycles. The number of hydrogen-bond donors (Lipinski definition) is 2. The highest BCUT2D eigenvalue weighted by Gasteiger charge is 2.34. The minimum atomic E-state index is 0.491. The average Bonchev–Trinajstić information content (AvgIpc) is 2.97. The molecule has 0 radical (unpaired) electrons. The van der Waals surface area contributed by atoms with Crippen molar-refractivity contribution in [3.8, 4) is 5.75 Å². The molecule has 0 spiro atoms. The van der Waals surface area contributed by atoms with Crippen LogP contribution >= 0.6 is 23.4 Å². The molecule has 3 aromatic rings. The van der Waals surface area contributed by atoms with E-state index >= 15 is 0 Å². The van der Waals surface area contributed by atoms with E-state index in [1.54, 1.807) is 9.80 Å². The lowest BCUT2D eigenvalue weighted by Crippen LogP contribution is -3.28. The summed E-state index contributed by atoms with van der Waals surface area (Å²) in [6.45, 7) is 6.63. The van der Waals surface area contributed by atoms with Gasteiger partial charge in [-0.2, -0.15) is 0 Å². The smallest absolute Gasteiger partial charge is 0.137 e. The van der Waals surface area contributed by atoms with Crippen LogP contribution in [0.1, 0.15) is 17.2 Å². The van der Waals surface area contributed by atoms with Crippen molar-refractivity contribution in [2.75, 3.05) is 39.3 Å². The molecule has 0 aliphatic carbocycles. The third-order valence-corrected chi connectivity index (χ3v) is 7.97. The van der Waals surface area contributed by atoms with Crippen molar-refractivity contribution in [2.45, 2.75) is 22.3 Å². The summed E-state index contributed by atoms with van der Waals surface area (Å²) in [5, 5.41) is 0.840. The van der Waals surface area contributed by atoms with E-state index < -0.39 is 0 Å². The molecule has 0 unspecified atom stereocenters. The van der Waals surface area contributed by atoms with Crippen LogP contribution in [-0.4, -0.2) is 39.3 Å². The summed E-state index contributed by atoms with van der Waals surface area (Å²) in [6.07, 6.45) is 1.06. The average molecular weight is 453 g/mol. The highest BCUT2D eigenvalue weighted by atomic mass is 35.5. The van der Waals surface area contributed by atoms with Crippen molar-refractivity contribution in [1.82, 2.24) is 0 Å². The van der Waals surface area contributed by atoms with E-state index in [-0.39, 0.29) is 0 Å². The molecule has 2 N–H and O–H groups in total. The quantitative estimate of drug-likeness (QED) is 0.620. The predicted octanol–water partition coefficient (Wildman–Crippen LogP) is 2.95. The Morgan fingerprint density at radius 3 is 2.48 bits per heavy atom. The van der Waals surface area contributed by atoms with Crippen molar-refractivity contribution in [3.63, 3.8) is 0 Å². The molecule has 0 bridgehead atoms. The van der Waals surface area contributed by atoms with E-state index in [2.05, 4.69) is 36.4 Å². The zero-order valence-corrected chi connectivity index (χ0v) is 19.2. The van der Waals surface area contributed by atoms with E-state index in [1.807, 2.05) is 48.2 Å². The van der Waals surface area contributed by atoms with Crippen LogP contribution in [0.2, 0.25) is 5.02 Å². The second-order valence-corrected chi connectivity index (χ2v) is 9.99. The lowest BCUT2D eigenvalue weighted by molar-refractivity contribution is -1.03. The number of halogens is 1. The summed E-state index contributed by atoms with van der Waals surface area (Å²) in [6, 6.07) is 26.0. The fraction of sp³-hybridized carbons (Fsp3) is 0.308. The van der Waals surface area contributed by atoms with Gasteiger partial charge in [0.05, 0.1) is 0 Å². The zero-order chi connectivity index (χ0) is 21.0. The first-order chi connectivity index (χ1) is 15.3. The van der Waals surface area contributed by atoms with E-state index in [9.17, 15) is 0 Å². The Morgan fingerprint density at radius 1 is 0.871 bits per heavy atom. The fourth-order valence-electron chi connectivity index (χ4n) is 4.83. The van der Waals surface area contributed by atoms with Crippen LogP contribution in [0.3, 0.4) is 0 Å². The van der Waals surface area contributed by atoms with Gasteiger partial charge in [-0.05, 0) is 42.0 Å². The van der Waals surface area contributed by atoms with Crippen molar-refractivity contribution in [3.05, 3.63) is 88.9 Å². The van der Waals surface area contributed by atoms with Crippen molar-refractivity contribution in [1.29, 1.82) is 0 Å². The molecule has 3 nitrogen and oxygen atoms in total. The Kier molecular flexibility index (Phi) is 6.51. The topological polar surface area (TPSA) is 18.1 Å². The maximum atomic E-state index is 6.36. The van der Waals surface area contributed by atoms with E-state index in [1.165, 1.54) is 47.1 Å². The predicted molar refractivity (Wildman–Crippen MR) is 127 cm³/mol. The number of ether oxygens (including phenoxy) is 1. The Hall–Kier alpha value is -1.98. The maximum absolute atomic E-state index is 6.36. The summed E-state index contributed by atoms with van der Waals surface area (Å²) in [4.78, 5) is 6.10. The standard InChI is InChI=1S/C26H27ClN2OS/c27-21-10-11-25-20(18-21)19-24(23-8-4-5-9-26(23)31-25)29-14-12-28(13-15-29)16-17-30-22-6-2-1-3-7-22/h1-11,18,24H,12-17,19H2/p+2/t24-/m1/s1. The van der Waals surface area contributed by atoms with Crippen molar-refractivity contribution < 1.29 is 14.5 Å². The van der Waals surface area contributed by atoms with Gasteiger partial charge in [-0.25, -0.2) is 0 Å². The lowest BCUT2D eigenvalue weighted by Gasteiger charge is -2.35. The minimum absolute atomic E-state index is 0.491. The molecule has 2 heterocycles. The van der Waals surface area contributed by atoms with Gasteiger partial charge in [0, 0.05) is 26.8 Å². The molecule has 5 heteroatoms. The molecule has 0 aromatic heterocycles. The normalized spacial score (nSPS) is 22.8. The van der Waals surface area contributed by atoms with Crippen LogP contribution in [0.4, 0.5) is 0 Å². The number of para-hydroxylation sites is 1. The third kappa shape index (κ3) is 4.93. The molecule has 5 rings (SSSR count). The van der Waals surface area contributed by atoms with E-state index in [0.717, 1.165) is 30.3 Å². The zero-order valence-electron chi connectivity index (χ0n) is 17.6. The van der Waals surface area contributed by atoms with Gasteiger partial charge in [0.2, 0.25) is 0 Å². The molecule has 160 valence electrons. The molecule has 1 saturated heterocycles. The summed E-state index contributed by atoms with van der Waals surface area (Å²) in [5.74, 6) is 0.969. The molecular weight excluding hydrogens is 424 g/mol. The van der Waals surface area contributed by atoms with Gasteiger partial charge in [0.25, 0.3) is 0 Å².